The first-order valence-electron chi connectivity index (χ1n) is 5.14. The summed E-state index contributed by atoms with van der Waals surface area (Å²) >= 11 is 0. The van der Waals surface area contributed by atoms with Gasteiger partial charge in [0.05, 0.1) is 5.41 Å². The molecule has 0 aliphatic heterocycles. The second-order valence-electron chi connectivity index (χ2n) is 5.97. The van der Waals surface area contributed by atoms with E-state index < -0.39 is 16.4 Å². The molecule has 0 aromatic carbocycles. The summed E-state index contributed by atoms with van der Waals surface area (Å²) in [5, 5.41) is 0. The standard InChI is InChI=1S/C12H22O3/c1-10(2,3)15-9(14)12(6,7)11(4,5)8-13/h8H,1-7H3. The lowest BCUT2D eigenvalue weighted by molar-refractivity contribution is -0.173. The molecule has 0 aliphatic rings. The van der Waals surface area contributed by atoms with Crippen molar-refractivity contribution in [3.05, 3.63) is 0 Å². The number of esters is 1. The smallest absolute Gasteiger partial charge is 0.313 e. The summed E-state index contributed by atoms with van der Waals surface area (Å²) in [6, 6.07) is 0. The molecule has 0 aromatic rings. The van der Waals surface area contributed by atoms with E-state index in [1.165, 1.54) is 0 Å². The van der Waals surface area contributed by atoms with E-state index in [-0.39, 0.29) is 5.97 Å². The summed E-state index contributed by atoms with van der Waals surface area (Å²) in [4.78, 5) is 22.8. The zero-order valence-corrected chi connectivity index (χ0v) is 10.8. The van der Waals surface area contributed by atoms with Gasteiger partial charge in [-0.3, -0.25) is 4.79 Å². The fourth-order valence-corrected chi connectivity index (χ4v) is 0.816. The molecule has 15 heavy (non-hydrogen) atoms. The number of hydrogen-bond acceptors (Lipinski definition) is 3. The van der Waals surface area contributed by atoms with Crippen molar-refractivity contribution in [2.45, 2.75) is 54.1 Å². The second kappa shape index (κ2) is 3.95. The topological polar surface area (TPSA) is 43.4 Å². The summed E-state index contributed by atoms with van der Waals surface area (Å²) in [6.45, 7) is 12.4. The average molecular weight is 214 g/mol. The first kappa shape index (κ1) is 14.1. The third-order valence-electron chi connectivity index (χ3n) is 2.81. The predicted octanol–water partition coefficient (Wildman–Crippen LogP) is 2.58. The molecule has 3 heteroatoms. The maximum Gasteiger partial charge on any atom is 0.313 e. The van der Waals surface area contributed by atoms with Crippen LogP contribution in [-0.4, -0.2) is 17.9 Å². The first-order chi connectivity index (χ1) is 6.44. The van der Waals surface area contributed by atoms with Gasteiger partial charge >= 0.3 is 5.97 Å². The summed E-state index contributed by atoms with van der Waals surface area (Å²) < 4.78 is 5.29. The average Bonchev–Trinajstić information content (AvgIpc) is 2.00. The molecule has 0 heterocycles. The van der Waals surface area contributed by atoms with E-state index >= 15 is 0 Å². The highest BCUT2D eigenvalue weighted by molar-refractivity contribution is 5.82. The van der Waals surface area contributed by atoms with Crippen molar-refractivity contribution in [1.29, 1.82) is 0 Å². The molecule has 0 N–H and O–H groups in total. The maximum atomic E-state index is 11.9. The van der Waals surface area contributed by atoms with Crippen LogP contribution < -0.4 is 0 Å². The largest absolute Gasteiger partial charge is 0.460 e. The maximum absolute atomic E-state index is 11.9. The molecule has 0 atom stereocenters. The van der Waals surface area contributed by atoms with Crippen LogP contribution in [0.4, 0.5) is 0 Å². The van der Waals surface area contributed by atoms with E-state index in [0.717, 1.165) is 6.29 Å². The summed E-state index contributed by atoms with van der Waals surface area (Å²) in [6.07, 6.45) is 0.802. The number of hydrogen-bond donors (Lipinski definition) is 0. The lowest BCUT2D eigenvalue weighted by Gasteiger charge is -2.37. The molecule has 0 saturated carbocycles. The first-order valence-corrected chi connectivity index (χ1v) is 5.14. The lowest BCUT2D eigenvalue weighted by Crippen LogP contribution is -2.44. The third kappa shape index (κ3) is 3.33. The fraction of sp³-hybridized carbons (Fsp3) is 0.833. The minimum atomic E-state index is -0.817. The van der Waals surface area contributed by atoms with Crippen LogP contribution in [0.15, 0.2) is 0 Å². The fourth-order valence-electron chi connectivity index (χ4n) is 0.816. The molecule has 0 bridgehead atoms. The monoisotopic (exact) mass is 214 g/mol. The Morgan fingerprint density at radius 1 is 1.00 bits per heavy atom. The van der Waals surface area contributed by atoms with E-state index in [4.69, 9.17) is 4.74 Å². The van der Waals surface area contributed by atoms with Crippen molar-refractivity contribution < 1.29 is 14.3 Å². The molecule has 0 aromatic heterocycles. The van der Waals surface area contributed by atoms with Crippen molar-refractivity contribution in [3.63, 3.8) is 0 Å². The molecule has 0 aliphatic carbocycles. The van der Waals surface area contributed by atoms with Gasteiger partial charge in [0.15, 0.2) is 0 Å². The predicted molar refractivity (Wildman–Crippen MR) is 59.5 cm³/mol. The van der Waals surface area contributed by atoms with Crippen LogP contribution in [0.5, 0.6) is 0 Å². The van der Waals surface area contributed by atoms with Gasteiger partial charge in [0.2, 0.25) is 0 Å². The zero-order valence-electron chi connectivity index (χ0n) is 10.8. The van der Waals surface area contributed by atoms with E-state index in [1.54, 1.807) is 27.7 Å². The van der Waals surface area contributed by atoms with Gasteiger partial charge in [-0.2, -0.15) is 0 Å². The lowest BCUT2D eigenvalue weighted by atomic mass is 9.69. The number of carbonyl (C=O) groups is 2. The summed E-state index contributed by atoms with van der Waals surface area (Å²) in [7, 11) is 0. The van der Waals surface area contributed by atoms with Crippen LogP contribution in [0.25, 0.3) is 0 Å². The molecule has 0 unspecified atom stereocenters. The van der Waals surface area contributed by atoms with E-state index in [9.17, 15) is 9.59 Å². The van der Waals surface area contributed by atoms with Crippen molar-refractivity contribution in [2.75, 3.05) is 0 Å². The van der Waals surface area contributed by atoms with Gasteiger partial charge < -0.3 is 9.53 Å². The molecular weight excluding hydrogens is 192 g/mol. The van der Waals surface area contributed by atoms with Crippen molar-refractivity contribution in [1.82, 2.24) is 0 Å². The van der Waals surface area contributed by atoms with Gasteiger partial charge in [0.25, 0.3) is 0 Å². The molecule has 0 rings (SSSR count). The van der Waals surface area contributed by atoms with Gasteiger partial charge in [0.1, 0.15) is 11.9 Å². The third-order valence-corrected chi connectivity index (χ3v) is 2.81. The molecule has 0 amide bonds. The molecular formula is C12H22O3. The van der Waals surface area contributed by atoms with Gasteiger partial charge in [-0.25, -0.2) is 0 Å². The van der Waals surface area contributed by atoms with Gasteiger partial charge in [-0.05, 0) is 34.6 Å². The Morgan fingerprint density at radius 2 is 1.40 bits per heavy atom. The van der Waals surface area contributed by atoms with Gasteiger partial charge in [-0.1, -0.05) is 13.8 Å². The Labute approximate surface area is 92.2 Å². The quantitative estimate of drug-likeness (QED) is 0.535. The zero-order chi connectivity index (χ0) is 12.5. The molecule has 0 radical (unpaired) electrons. The highest BCUT2D eigenvalue weighted by Crippen LogP contribution is 2.38. The number of ether oxygens (including phenoxy) is 1. The number of carbonyl (C=O) groups excluding carboxylic acids is 2. The van der Waals surface area contributed by atoms with Crippen LogP contribution in [0, 0.1) is 10.8 Å². The Morgan fingerprint density at radius 3 is 1.67 bits per heavy atom. The van der Waals surface area contributed by atoms with E-state index in [1.807, 2.05) is 20.8 Å². The Balaban J connectivity index is 4.90. The van der Waals surface area contributed by atoms with Crippen LogP contribution in [-0.2, 0) is 14.3 Å². The van der Waals surface area contributed by atoms with Crippen molar-refractivity contribution >= 4 is 12.3 Å². The van der Waals surface area contributed by atoms with Gasteiger partial charge in [-0.15, -0.1) is 0 Å². The number of aldehydes is 1. The molecule has 0 spiro atoms. The molecule has 0 saturated heterocycles. The van der Waals surface area contributed by atoms with Crippen LogP contribution in [0.1, 0.15) is 48.5 Å². The normalized spacial score (nSPS) is 13.5. The van der Waals surface area contributed by atoms with Crippen LogP contribution >= 0.6 is 0 Å². The van der Waals surface area contributed by atoms with Crippen LogP contribution in [0.2, 0.25) is 0 Å². The highest BCUT2D eigenvalue weighted by atomic mass is 16.6. The van der Waals surface area contributed by atoms with Crippen LogP contribution in [0.3, 0.4) is 0 Å². The van der Waals surface area contributed by atoms with E-state index in [2.05, 4.69) is 0 Å². The number of rotatable bonds is 3. The SMILES string of the molecule is CC(C)(C)OC(=O)C(C)(C)C(C)(C)C=O. The summed E-state index contributed by atoms with van der Waals surface area (Å²) in [5.74, 6) is -0.341. The van der Waals surface area contributed by atoms with Gasteiger partial charge in [0, 0.05) is 5.41 Å². The molecule has 0 fully saturated rings. The minimum Gasteiger partial charge on any atom is -0.460 e. The second-order valence-corrected chi connectivity index (χ2v) is 5.97. The Bertz CT molecular complexity index is 257. The van der Waals surface area contributed by atoms with Crippen molar-refractivity contribution in [3.8, 4) is 0 Å². The molecule has 3 nitrogen and oxygen atoms in total. The van der Waals surface area contributed by atoms with E-state index in [0.29, 0.717) is 0 Å². The summed E-state index contributed by atoms with van der Waals surface area (Å²) in [5.41, 5.74) is -2.06. The Hall–Kier alpha value is -0.860. The van der Waals surface area contributed by atoms with Crippen molar-refractivity contribution in [2.24, 2.45) is 10.8 Å². The minimum absolute atomic E-state index is 0.341. The highest BCUT2D eigenvalue weighted by Gasteiger charge is 2.45. The molecule has 88 valence electrons. The Kier molecular flexibility index (Phi) is 3.72.